The lowest BCUT2D eigenvalue weighted by atomic mass is 9.98. The van der Waals surface area contributed by atoms with Gasteiger partial charge in [-0.25, -0.2) is 4.98 Å². The average Bonchev–Trinajstić information content (AvgIpc) is 3.42. The van der Waals surface area contributed by atoms with E-state index in [1.807, 2.05) is 18.6 Å². The van der Waals surface area contributed by atoms with Crippen molar-refractivity contribution in [3.05, 3.63) is 72.7 Å². The summed E-state index contributed by atoms with van der Waals surface area (Å²) in [5.74, 6) is 0. The van der Waals surface area contributed by atoms with Gasteiger partial charge in [0, 0.05) is 35.1 Å². The quantitative estimate of drug-likeness (QED) is 0.492. The van der Waals surface area contributed by atoms with E-state index in [-0.39, 0.29) is 0 Å². The zero-order chi connectivity index (χ0) is 16.6. The molecule has 0 radical (unpaired) electrons. The summed E-state index contributed by atoms with van der Waals surface area (Å²) in [5.41, 5.74) is 8.44. The SMILES string of the molecule is C1=C(c2cccc(-c3[nH]ccc3-c3cnc4[nH]ccc4c3)c2)CCC1. The molecule has 5 rings (SSSR count). The van der Waals surface area contributed by atoms with Gasteiger partial charge >= 0.3 is 0 Å². The summed E-state index contributed by atoms with van der Waals surface area (Å²) in [7, 11) is 0. The molecular formula is C22H19N3. The number of aromatic amines is 2. The second kappa shape index (κ2) is 5.78. The number of H-pyrrole nitrogens is 2. The van der Waals surface area contributed by atoms with Gasteiger partial charge in [0.2, 0.25) is 0 Å². The molecule has 0 saturated heterocycles. The molecule has 122 valence electrons. The van der Waals surface area contributed by atoms with Crippen molar-refractivity contribution in [1.29, 1.82) is 0 Å². The van der Waals surface area contributed by atoms with Crippen LogP contribution >= 0.6 is 0 Å². The van der Waals surface area contributed by atoms with Crippen LogP contribution in [0.2, 0.25) is 0 Å². The van der Waals surface area contributed by atoms with Crippen LogP contribution in [-0.2, 0) is 0 Å². The van der Waals surface area contributed by atoms with Crippen LogP contribution in [0.15, 0.2) is 67.1 Å². The van der Waals surface area contributed by atoms with Crippen LogP contribution in [-0.4, -0.2) is 15.0 Å². The van der Waals surface area contributed by atoms with Crippen molar-refractivity contribution in [1.82, 2.24) is 15.0 Å². The Morgan fingerprint density at radius 2 is 1.80 bits per heavy atom. The van der Waals surface area contributed by atoms with E-state index in [1.54, 1.807) is 0 Å². The Kier molecular flexibility index (Phi) is 3.30. The number of rotatable bonds is 3. The third-order valence-corrected chi connectivity index (χ3v) is 5.02. The Hall–Kier alpha value is -3.07. The van der Waals surface area contributed by atoms with Crippen molar-refractivity contribution < 1.29 is 0 Å². The Morgan fingerprint density at radius 3 is 2.72 bits per heavy atom. The van der Waals surface area contributed by atoms with E-state index in [1.165, 1.54) is 41.5 Å². The minimum atomic E-state index is 0.927. The normalized spacial score (nSPS) is 14.2. The van der Waals surface area contributed by atoms with Crippen molar-refractivity contribution in [2.45, 2.75) is 19.3 Å². The minimum absolute atomic E-state index is 0.927. The molecule has 1 aromatic carbocycles. The second-order valence-corrected chi connectivity index (χ2v) is 6.61. The Labute approximate surface area is 146 Å². The van der Waals surface area contributed by atoms with Gasteiger partial charge in [-0.1, -0.05) is 24.3 Å². The lowest BCUT2D eigenvalue weighted by Crippen LogP contribution is -1.87. The molecular weight excluding hydrogens is 306 g/mol. The largest absolute Gasteiger partial charge is 0.361 e. The molecule has 0 amide bonds. The zero-order valence-electron chi connectivity index (χ0n) is 13.9. The third-order valence-electron chi connectivity index (χ3n) is 5.02. The second-order valence-electron chi connectivity index (χ2n) is 6.61. The van der Waals surface area contributed by atoms with Crippen molar-refractivity contribution in [3.63, 3.8) is 0 Å². The molecule has 0 fully saturated rings. The van der Waals surface area contributed by atoms with E-state index < -0.39 is 0 Å². The van der Waals surface area contributed by atoms with Gasteiger partial charge in [0.25, 0.3) is 0 Å². The van der Waals surface area contributed by atoms with Crippen LogP contribution < -0.4 is 0 Å². The first kappa shape index (κ1) is 14.3. The van der Waals surface area contributed by atoms with Gasteiger partial charge in [-0.3, -0.25) is 0 Å². The number of nitrogens with zero attached hydrogens (tertiary/aromatic N) is 1. The fraction of sp³-hybridized carbons (Fsp3) is 0.136. The summed E-state index contributed by atoms with van der Waals surface area (Å²) in [6.07, 6.45) is 11.9. The zero-order valence-corrected chi connectivity index (χ0v) is 13.9. The maximum atomic E-state index is 4.53. The minimum Gasteiger partial charge on any atom is -0.361 e. The molecule has 0 saturated carbocycles. The van der Waals surface area contributed by atoms with Gasteiger partial charge in [0.15, 0.2) is 0 Å². The van der Waals surface area contributed by atoms with E-state index in [2.05, 4.69) is 63.5 Å². The summed E-state index contributed by atoms with van der Waals surface area (Å²) in [6, 6.07) is 15.2. The first-order valence-corrected chi connectivity index (χ1v) is 8.79. The Balaban J connectivity index is 1.60. The first-order valence-electron chi connectivity index (χ1n) is 8.79. The maximum Gasteiger partial charge on any atom is 0.137 e. The molecule has 0 atom stereocenters. The van der Waals surface area contributed by atoms with Gasteiger partial charge in [-0.2, -0.15) is 0 Å². The van der Waals surface area contributed by atoms with Gasteiger partial charge < -0.3 is 9.97 Å². The number of fused-ring (bicyclic) bond motifs is 1. The van der Waals surface area contributed by atoms with Crippen LogP contribution in [0.5, 0.6) is 0 Å². The molecule has 0 unspecified atom stereocenters. The number of benzene rings is 1. The molecule has 3 heteroatoms. The van der Waals surface area contributed by atoms with E-state index in [9.17, 15) is 0 Å². The summed E-state index contributed by atoms with van der Waals surface area (Å²) in [5, 5.41) is 1.13. The number of aromatic nitrogens is 3. The van der Waals surface area contributed by atoms with Gasteiger partial charge in [-0.05, 0) is 60.2 Å². The average molecular weight is 325 g/mol. The van der Waals surface area contributed by atoms with Crippen molar-refractivity contribution in [2.24, 2.45) is 0 Å². The van der Waals surface area contributed by atoms with Crippen LogP contribution in [0.1, 0.15) is 24.8 Å². The fourth-order valence-electron chi connectivity index (χ4n) is 3.74. The van der Waals surface area contributed by atoms with Crippen LogP contribution in [0.25, 0.3) is 39.0 Å². The molecule has 1 aliphatic rings. The van der Waals surface area contributed by atoms with E-state index >= 15 is 0 Å². The molecule has 3 aromatic heterocycles. The lowest BCUT2D eigenvalue weighted by molar-refractivity contribution is 0.935. The predicted molar refractivity (Wildman–Crippen MR) is 103 cm³/mol. The highest BCUT2D eigenvalue weighted by molar-refractivity contribution is 5.87. The smallest absolute Gasteiger partial charge is 0.137 e. The van der Waals surface area contributed by atoms with Crippen LogP contribution in [0.3, 0.4) is 0 Å². The number of pyridine rings is 1. The highest BCUT2D eigenvalue weighted by Crippen LogP contribution is 2.34. The molecule has 25 heavy (non-hydrogen) atoms. The number of hydrogen-bond donors (Lipinski definition) is 2. The van der Waals surface area contributed by atoms with Crippen molar-refractivity contribution in [3.8, 4) is 22.4 Å². The van der Waals surface area contributed by atoms with Crippen molar-refractivity contribution >= 4 is 16.6 Å². The first-order chi connectivity index (χ1) is 12.4. The molecule has 1 aliphatic carbocycles. The third kappa shape index (κ3) is 2.49. The summed E-state index contributed by atoms with van der Waals surface area (Å²) in [4.78, 5) is 11.1. The fourth-order valence-corrected chi connectivity index (χ4v) is 3.74. The van der Waals surface area contributed by atoms with Gasteiger partial charge in [-0.15, -0.1) is 0 Å². The Bertz CT molecular complexity index is 1080. The molecule has 3 heterocycles. The Morgan fingerprint density at radius 1 is 0.880 bits per heavy atom. The molecule has 0 aliphatic heterocycles. The molecule has 0 bridgehead atoms. The molecule has 2 N–H and O–H groups in total. The highest BCUT2D eigenvalue weighted by atomic mass is 14.8. The maximum absolute atomic E-state index is 4.53. The summed E-state index contributed by atoms with van der Waals surface area (Å²) >= 11 is 0. The monoisotopic (exact) mass is 325 g/mol. The standard InChI is InChI=1S/C22H19N3/c1-2-5-15(4-1)16-6-3-7-17(12-16)21-20(9-11-23-21)19-13-18-8-10-24-22(18)25-14-19/h3-4,6-14,23H,1-2,5H2,(H,24,25). The van der Waals surface area contributed by atoms with E-state index in [0.29, 0.717) is 0 Å². The molecule has 3 nitrogen and oxygen atoms in total. The number of allylic oxidation sites excluding steroid dienone is 2. The van der Waals surface area contributed by atoms with Crippen LogP contribution in [0, 0.1) is 0 Å². The van der Waals surface area contributed by atoms with Crippen molar-refractivity contribution in [2.75, 3.05) is 0 Å². The number of hydrogen-bond acceptors (Lipinski definition) is 1. The lowest BCUT2D eigenvalue weighted by Gasteiger charge is -2.08. The van der Waals surface area contributed by atoms with E-state index in [0.717, 1.165) is 22.3 Å². The van der Waals surface area contributed by atoms with E-state index in [4.69, 9.17) is 0 Å². The molecule has 0 spiro atoms. The molecule has 4 aromatic rings. The summed E-state index contributed by atoms with van der Waals surface area (Å²) in [6.45, 7) is 0. The van der Waals surface area contributed by atoms with Gasteiger partial charge in [0.05, 0.1) is 5.69 Å². The van der Waals surface area contributed by atoms with Gasteiger partial charge in [0.1, 0.15) is 5.65 Å². The number of nitrogens with one attached hydrogen (secondary N) is 2. The topological polar surface area (TPSA) is 44.5 Å². The van der Waals surface area contributed by atoms with Crippen LogP contribution in [0.4, 0.5) is 0 Å². The summed E-state index contributed by atoms with van der Waals surface area (Å²) < 4.78 is 0. The highest BCUT2D eigenvalue weighted by Gasteiger charge is 2.12. The predicted octanol–water partition coefficient (Wildman–Crippen LogP) is 5.79.